The van der Waals surface area contributed by atoms with Crippen LogP contribution in [0.4, 0.5) is 4.79 Å². The van der Waals surface area contributed by atoms with Crippen molar-refractivity contribution in [2.45, 2.75) is 37.5 Å². The summed E-state index contributed by atoms with van der Waals surface area (Å²) in [6.07, 6.45) is 0.977. The Hall–Kier alpha value is -0.810. The molecular formula is C11H20N2O3. The molecule has 3 aliphatic rings. The number of carbonyl (C=O) groups is 1. The fourth-order valence-electron chi connectivity index (χ4n) is 3.12. The molecule has 2 saturated heterocycles. The van der Waals surface area contributed by atoms with E-state index in [1.165, 1.54) is 7.11 Å². The molecule has 16 heavy (non-hydrogen) atoms. The molecule has 2 unspecified atom stereocenters. The summed E-state index contributed by atoms with van der Waals surface area (Å²) < 4.78 is 4.49. The Morgan fingerprint density at radius 1 is 1.56 bits per heavy atom. The third-order valence-corrected chi connectivity index (χ3v) is 4.19. The molecule has 1 saturated carbocycles. The lowest BCUT2D eigenvalue weighted by molar-refractivity contribution is -0.156. The molecule has 5 nitrogen and oxygen atoms in total. The predicted molar refractivity (Wildman–Crippen MR) is 59.1 cm³/mol. The van der Waals surface area contributed by atoms with Crippen molar-refractivity contribution in [3.05, 3.63) is 0 Å². The number of nitrogens with one attached hydrogen (secondary N) is 1. The third-order valence-electron chi connectivity index (χ3n) is 4.19. The van der Waals surface area contributed by atoms with Crippen molar-refractivity contribution in [1.29, 1.82) is 0 Å². The van der Waals surface area contributed by atoms with Crippen LogP contribution in [0.1, 0.15) is 19.8 Å². The lowest BCUT2D eigenvalue weighted by Gasteiger charge is -2.61. The highest BCUT2D eigenvalue weighted by Crippen LogP contribution is 2.45. The van der Waals surface area contributed by atoms with Gasteiger partial charge in [0, 0.05) is 18.6 Å². The Morgan fingerprint density at radius 2 is 2.12 bits per heavy atom. The molecule has 2 bridgehead atoms. The first-order chi connectivity index (χ1) is 7.47. The van der Waals surface area contributed by atoms with Crippen LogP contribution in [0.5, 0.6) is 0 Å². The van der Waals surface area contributed by atoms with Gasteiger partial charge in [0.2, 0.25) is 0 Å². The summed E-state index contributed by atoms with van der Waals surface area (Å²) >= 11 is 0. The van der Waals surface area contributed by atoms with Gasteiger partial charge in [0.1, 0.15) is 0 Å². The van der Waals surface area contributed by atoms with Crippen molar-refractivity contribution in [1.82, 2.24) is 10.2 Å². The van der Waals surface area contributed by atoms with Crippen molar-refractivity contribution in [2.24, 2.45) is 5.92 Å². The smallest absolute Gasteiger partial charge is 0.406 e. The second kappa shape index (κ2) is 3.89. The number of hydrogen-bond donors (Lipinski definition) is 2. The average Bonchev–Trinajstić information content (AvgIpc) is 2.30. The average molecular weight is 228 g/mol. The fraction of sp³-hybridized carbons (Fsp3) is 0.909. The number of rotatable bonds is 2. The van der Waals surface area contributed by atoms with Crippen LogP contribution in [0.15, 0.2) is 0 Å². The van der Waals surface area contributed by atoms with Crippen LogP contribution >= 0.6 is 0 Å². The lowest BCUT2D eigenvalue weighted by Crippen LogP contribution is -2.70. The molecule has 2 N–H and O–H groups in total. The zero-order valence-electron chi connectivity index (χ0n) is 10.1. The standard InChI is InChI=1S/C11H20N2O3/c1-7-8-4-11(15,5-9(7)13(8)2)6-12-10(14)16-3/h7-9,15H,4-6H2,1-3H3,(H,12,14). The predicted octanol–water partition coefficient (Wildman–Crippen LogP) is 0.186. The number of hydrogen-bond acceptors (Lipinski definition) is 4. The van der Waals surface area contributed by atoms with Crippen LogP contribution in [0, 0.1) is 5.92 Å². The summed E-state index contributed by atoms with van der Waals surface area (Å²) in [6, 6.07) is 0.895. The van der Waals surface area contributed by atoms with Gasteiger partial charge in [-0.1, -0.05) is 6.92 Å². The molecule has 0 aromatic rings. The highest BCUT2D eigenvalue weighted by molar-refractivity contribution is 5.66. The molecule has 1 aliphatic carbocycles. The Kier molecular flexibility index (Phi) is 2.84. The van der Waals surface area contributed by atoms with Crippen LogP contribution in [0.2, 0.25) is 0 Å². The summed E-state index contributed by atoms with van der Waals surface area (Å²) in [5.41, 5.74) is -0.761. The maximum absolute atomic E-state index is 11.0. The van der Waals surface area contributed by atoms with Crippen LogP contribution in [0.25, 0.3) is 0 Å². The number of methoxy groups -OCH3 is 1. The summed E-state index contributed by atoms with van der Waals surface area (Å²) in [5.74, 6) is 0.656. The van der Waals surface area contributed by atoms with Crippen LogP contribution in [-0.4, -0.2) is 54.5 Å². The number of alkyl carbamates (subject to hydrolysis) is 1. The molecule has 92 valence electrons. The first kappa shape index (κ1) is 11.7. The molecule has 0 spiro atoms. The van der Waals surface area contributed by atoms with E-state index >= 15 is 0 Å². The van der Waals surface area contributed by atoms with Crippen molar-refractivity contribution < 1.29 is 14.6 Å². The number of carbonyl (C=O) groups excluding carboxylic acids is 1. The van der Waals surface area contributed by atoms with Gasteiger partial charge in [-0.25, -0.2) is 4.79 Å². The minimum atomic E-state index is -0.761. The lowest BCUT2D eigenvalue weighted by atomic mass is 9.65. The number of aliphatic hydroxyl groups is 1. The summed E-state index contributed by atoms with van der Waals surface area (Å²) in [7, 11) is 3.43. The summed E-state index contributed by atoms with van der Waals surface area (Å²) in [6.45, 7) is 2.51. The molecular weight excluding hydrogens is 208 g/mol. The SMILES string of the molecule is COC(=O)NCC1(O)CC2C(C)C(C1)N2C. The van der Waals surface area contributed by atoms with Gasteiger partial charge in [0.15, 0.2) is 0 Å². The van der Waals surface area contributed by atoms with Crippen LogP contribution in [0.3, 0.4) is 0 Å². The van der Waals surface area contributed by atoms with Gasteiger partial charge in [-0.3, -0.25) is 4.90 Å². The highest BCUT2D eigenvalue weighted by atomic mass is 16.5. The Morgan fingerprint density at radius 3 is 2.56 bits per heavy atom. The molecule has 0 radical (unpaired) electrons. The molecule has 1 amide bonds. The second-order valence-corrected chi connectivity index (χ2v) is 5.14. The first-order valence-electron chi connectivity index (χ1n) is 5.73. The second-order valence-electron chi connectivity index (χ2n) is 5.14. The van der Waals surface area contributed by atoms with E-state index in [0.29, 0.717) is 18.0 Å². The summed E-state index contributed by atoms with van der Waals surface area (Å²) in [4.78, 5) is 13.3. The summed E-state index contributed by atoms with van der Waals surface area (Å²) in [5, 5.41) is 12.9. The van der Waals surface area contributed by atoms with E-state index in [1.807, 2.05) is 0 Å². The normalized spacial score (nSPS) is 42.4. The molecule has 2 aliphatic heterocycles. The van der Waals surface area contributed by atoms with Gasteiger partial charge in [-0.2, -0.15) is 0 Å². The molecule has 2 heterocycles. The van der Waals surface area contributed by atoms with Gasteiger partial charge in [0.25, 0.3) is 0 Å². The van der Waals surface area contributed by atoms with Gasteiger partial charge in [-0.05, 0) is 25.8 Å². The Labute approximate surface area is 95.8 Å². The zero-order valence-corrected chi connectivity index (χ0v) is 10.1. The van der Waals surface area contributed by atoms with E-state index < -0.39 is 11.7 Å². The fourth-order valence-corrected chi connectivity index (χ4v) is 3.12. The van der Waals surface area contributed by atoms with E-state index in [0.717, 1.165) is 12.8 Å². The molecule has 0 aromatic carbocycles. The van der Waals surface area contributed by atoms with E-state index in [1.54, 1.807) is 0 Å². The minimum absolute atomic E-state index is 0.285. The zero-order chi connectivity index (χ0) is 11.9. The molecule has 3 rings (SSSR count). The number of amides is 1. The number of ether oxygens (including phenoxy) is 1. The van der Waals surface area contributed by atoms with Crippen LogP contribution in [-0.2, 0) is 4.74 Å². The maximum atomic E-state index is 11.0. The molecule has 2 atom stereocenters. The van der Waals surface area contributed by atoms with Gasteiger partial charge in [0.05, 0.1) is 12.7 Å². The number of fused-ring (bicyclic) bond motifs is 2. The maximum Gasteiger partial charge on any atom is 0.406 e. The quantitative estimate of drug-likeness (QED) is 0.708. The third kappa shape index (κ3) is 1.78. The monoisotopic (exact) mass is 228 g/mol. The van der Waals surface area contributed by atoms with E-state index in [-0.39, 0.29) is 6.54 Å². The van der Waals surface area contributed by atoms with Crippen LogP contribution < -0.4 is 5.32 Å². The van der Waals surface area contributed by atoms with E-state index in [4.69, 9.17) is 0 Å². The highest BCUT2D eigenvalue weighted by Gasteiger charge is 2.54. The largest absolute Gasteiger partial charge is 0.453 e. The molecule has 3 fully saturated rings. The Balaban J connectivity index is 1.89. The van der Waals surface area contributed by atoms with E-state index in [2.05, 4.69) is 28.9 Å². The Bertz CT molecular complexity index is 271. The van der Waals surface area contributed by atoms with Crippen molar-refractivity contribution in [3.8, 4) is 0 Å². The van der Waals surface area contributed by atoms with Crippen molar-refractivity contribution >= 4 is 6.09 Å². The number of nitrogens with zero attached hydrogens (tertiary/aromatic N) is 1. The van der Waals surface area contributed by atoms with Gasteiger partial charge in [-0.15, -0.1) is 0 Å². The van der Waals surface area contributed by atoms with Crippen molar-refractivity contribution in [3.63, 3.8) is 0 Å². The minimum Gasteiger partial charge on any atom is -0.453 e. The molecule has 0 aromatic heterocycles. The molecule has 5 heteroatoms. The van der Waals surface area contributed by atoms with Gasteiger partial charge < -0.3 is 15.2 Å². The first-order valence-corrected chi connectivity index (χ1v) is 5.73. The van der Waals surface area contributed by atoms with Crippen molar-refractivity contribution in [2.75, 3.05) is 20.7 Å². The topological polar surface area (TPSA) is 61.8 Å². The van der Waals surface area contributed by atoms with Gasteiger partial charge >= 0.3 is 6.09 Å². The van der Waals surface area contributed by atoms with E-state index in [9.17, 15) is 9.90 Å². The number of piperidine rings is 1.